The van der Waals surface area contributed by atoms with Gasteiger partial charge in [0.05, 0.1) is 31.8 Å². The molecule has 0 spiro atoms. The number of aromatic nitrogens is 4. The average molecular weight is 274 g/mol. The number of H-pyrrole nitrogens is 2. The van der Waals surface area contributed by atoms with Crippen LogP contribution in [0, 0.1) is 13.8 Å². The molecule has 0 aliphatic rings. The third-order valence-electron chi connectivity index (χ3n) is 2.80. The van der Waals surface area contributed by atoms with Crippen LogP contribution in [0.1, 0.15) is 22.8 Å². The fourth-order valence-electron chi connectivity index (χ4n) is 1.58. The van der Waals surface area contributed by atoms with E-state index in [2.05, 4.69) is 29.9 Å². The predicted molar refractivity (Wildman–Crippen MR) is 77.6 cm³/mol. The molecule has 0 saturated carbocycles. The molecule has 0 bridgehead atoms. The van der Waals surface area contributed by atoms with Crippen LogP contribution < -0.4 is 0 Å². The lowest BCUT2D eigenvalue weighted by Crippen LogP contribution is -2.15. The van der Waals surface area contributed by atoms with E-state index < -0.39 is 6.10 Å². The molecule has 2 aromatic rings. The Bertz CT molecular complexity index is 545. The SMILES string of the molecule is Cc1[nH]cnc1C=NCC(O)CN=Cc1nc[nH]c1C. The van der Waals surface area contributed by atoms with Gasteiger partial charge in [-0.05, 0) is 13.8 Å². The lowest BCUT2D eigenvalue weighted by Gasteiger charge is -2.02. The summed E-state index contributed by atoms with van der Waals surface area (Å²) >= 11 is 0. The first-order chi connectivity index (χ1) is 9.66. The third kappa shape index (κ3) is 3.86. The van der Waals surface area contributed by atoms with E-state index in [4.69, 9.17) is 0 Å². The molecule has 0 amide bonds. The topological polar surface area (TPSA) is 102 Å². The molecule has 2 heterocycles. The second kappa shape index (κ2) is 6.76. The van der Waals surface area contributed by atoms with Gasteiger partial charge in [0.25, 0.3) is 0 Å². The quantitative estimate of drug-likeness (QED) is 0.674. The van der Waals surface area contributed by atoms with Crippen LogP contribution in [0.15, 0.2) is 22.6 Å². The molecular weight excluding hydrogens is 256 g/mol. The van der Waals surface area contributed by atoms with Crippen molar-refractivity contribution in [3.8, 4) is 0 Å². The van der Waals surface area contributed by atoms with Crippen molar-refractivity contribution in [1.29, 1.82) is 0 Å². The zero-order valence-corrected chi connectivity index (χ0v) is 11.5. The van der Waals surface area contributed by atoms with Crippen molar-refractivity contribution in [1.82, 2.24) is 19.9 Å². The van der Waals surface area contributed by atoms with E-state index in [1.807, 2.05) is 13.8 Å². The summed E-state index contributed by atoms with van der Waals surface area (Å²) in [6, 6.07) is 0. The number of nitrogens with one attached hydrogen (secondary N) is 2. The Morgan fingerprint density at radius 2 is 1.50 bits per heavy atom. The fourth-order valence-corrected chi connectivity index (χ4v) is 1.58. The molecule has 3 N–H and O–H groups in total. The van der Waals surface area contributed by atoms with Crippen molar-refractivity contribution in [2.75, 3.05) is 13.1 Å². The number of aryl methyl sites for hydroxylation is 2. The maximum atomic E-state index is 9.76. The lowest BCUT2D eigenvalue weighted by molar-refractivity contribution is 0.193. The number of hydrogen-bond donors (Lipinski definition) is 3. The Morgan fingerprint density at radius 1 is 1.05 bits per heavy atom. The number of aliphatic imine (C=N–C) groups is 2. The summed E-state index contributed by atoms with van der Waals surface area (Å²) in [5, 5.41) is 9.76. The summed E-state index contributed by atoms with van der Waals surface area (Å²) in [4.78, 5) is 22.4. The van der Waals surface area contributed by atoms with E-state index in [9.17, 15) is 5.11 Å². The molecule has 2 aromatic heterocycles. The van der Waals surface area contributed by atoms with Crippen molar-refractivity contribution < 1.29 is 5.11 Å². The first-order valence-electron chi connectivity index (χ1n) is 6.34. The monoisotopic (exact) mass is 274 g/mol. The summed E-state index contributed by atoms with van der Waals surface area (Å²) in [6.07, 6.45) is 5.92. The number of aromatic amines is 2. The largest absolute Gasteiger partial charge is 0.389 e. The molecule has 2 rings (SSSR count). The Hall–Kier alpha value is -2.28. The molecule has 20 heavy (non-hydrogen) atoms. The summed E-state index contributed by atoms with van der Waals surface area (Å²) in [5.41, 5.74) is 3.48. The first kappa shape index (κ1) is 14.1. The summed E-state index contributed by atoms with van der Waals surface area (Å²) < 4.78 is 0. The van der Waals surface area contributed by atoms with Crippen molar-refractivity contribution in [2.24, 2.45) is 9.98 Å². The molecule has 0 unspecified atom stereocenters. The second-order valence-electron chi connectivity index (χ2n) is 4.47. The number of imidazole rings is 2. The van der Waals surface area contributed by atoms with Crippen molar-refractivity contribution in [3.05, 3.63) is 35.4 Å². The predicted octanol–water partition coefficient (Wildman–Crippen LogP) is 0.649. The normalized spacial score (nSPS) is 13.6. The molecule has 0 radical (unpaired) electrons. The van der Waals surface area contributed by atoms with E-state index in [-0.39, 0.29) is 0 Å². The van der Waals surface area contributed by atoms with Gasteiger partial charge in [-0.1, -0.05) is 0 Å². The van der Waals surface area contributed by atoms with Gasteiger partial charge in [-0.2, -0.15) is 0 Å². The highest BCUT2D eigenvalue weighted by Gasteiger charge is 2.02. The zero-order chi connectivity index (χ0) is 14.4. The number of rotatable bonds is 6. The third-order valence-corrected chi connectivity index (χ3v) is 2.80. The van der Waals surface area contributed by atoms with Crippen LogP contribution in [0.4, 0.5) is 0 Å². The lowest BCUT2D eigenvalue weighted by atomic mass is 10.3. The van der Waals surface area contributed by atoms with Crippen LogP contribution in [0.25, 0.3) is 0 Å². The Labute approximate surface area is 116 Å². The van der Waals surface area contributed by atoms with Crippen molar-refractivity contribution in [2.45, 2.75) is 20.0 Å². The minimum absolute atomic E-state index is 0.295. The second-order valence-corrected chi connectivity index (χ2v) is 4.47. The molecule has 7 heteroatoms. The summed E-state index contributed by atoms with van der Waals surface area (Å²) in [7, 11) is 0. The molecule has 0 fully saturated rings. The molecule has 0 aromatic carbocycles. The molecular formula is C13H18N6O. The Kier molecular flexibility index (Phi) is 4.78. The molecule has 0 saturated heterocycles. The molecule has 0 aliphatic carbocycles. The summed E-state index contributed by atoms with van der Waals surface area (Å²) in [5.74, 6) is 0. The van der Waals surface area contributed by atoms with E-state index in [1.54, 1.807) is 25.1 Å². The van der Waals surface area contributed by atoms with Gasteiger partial charge in [0.15, 0.2) is 0 Å². The van der Waals surface area contributed by atoms with Crippen LogP contribution in [-0.2, 0) is 0 Å². The van der Waals surface area contributed by atoms with Gasteiger partial charge in [-0.3, -0.25) is 9.98 Å². The van der Waals surface area contributed by atoms with Gasteiger partial charge in [0, 0.05) is 23.8 Å². The van der Waals surface area contributed by atoms with Gasteiger partial charge >= 0.3 is 0 Å². The molecule has 0 aliphatic heterocycles. The fraction of sp³-hybridized carbons (Fsp3) is 0.385. The van der Waals surface area contributed by atoms with Gasteiger partial charge in [-0.15, -0.1) is 0 Å². The highest BCUT2D eigenvalue weighted by Crippen LogP contribution is 1.98. The average Bonchev–Trinajstić information content (AvgIpc) is 3.00. The maximum Gasteiger partial charge on any atom is 0.101 e. The van der Waals surface area contributed by atoms with Crippen molar-refractivity contribution >= 4 is 12.4 Å². The van der Waals surface area contributed by atoms with Gasteiger partial charge in [0.2, 0.25) is 0 Å². The number of hydrogen-bond acceptors (Lipinski definition) is 5. The smallest absolute Gasteiger partial charge is 0.101 e. The van der Waals surface area contributed by atoms with Crippen LogP contribution in [0.2, 0.25) is 0 Å². The highest BCUT2D eigenvalue weighted by atomic mass is 16.3. The van der Waals surface area contributed by atoms with Crippen LogP contribution in [0.5, 0.6) is 0 Å². The number of nitrogens with zero attached hydrogens (tertiary/aromatic N) is 4. The van der Waals surface area contributed by atoms with Gasteiger partial charge < -0.3 is 15.1 Å². The van der Waals surface area contributed by atoms with E-state index in [0.29, 0.717) is 13.1 Å². The van der Waals surface area contributed by atoms with Crippen LogP contribution in [-0.4, -0.2) is 56.7 Å². The van der Waals surface area contributed by atoms with Crippen molar-refractivity contribution in [3.63, 3.8) is 0 Å². The highest BCUT2D eigenvalue weighted by molar-refractivity contribution is 5.78. The molecule has 106 valence electrons. The minimum Gasteiger partial charge on any atom is -0.389 e. The van der Waals surface area contributed by atoms with Crippen LogP contribution >= 0.6 is 0 Å². The Balaban J connectivity index is 1.77. The minimum atomic E-state index is -0.610. The summed E-state index contributed by atoms with van der Waals surface area (Å²) in [6.45, 7) is 4.43. The van der Waals surface area contributed by atoms with E-state index in [0.717, 1.165) is 22.8 Å². The first-order valence-corrected chi connectivity index (χ1v) is 6.34. The van der Waals surface area contributed by atoms with Gasteiger partial charge in [-0.25, -0.2) is 9.97 Å². The maximum absolute atomic E-state index is 9.76. The van der Waals surface area contributed by atoms with E-state index >= 15 is 0 Å². The zero-order valence-electron chi connectivity index (χ0n) is 11.5. The molecule has 7 nitrogen and oxygen atoms in total. The number of aliphatic hydroxyl groups excluding tert-OH is 1. The number of aliphatic hydroxyl groups is 1. The van der Waals surface area contributed by atoms with Gasteiger partial charge in [0.1, 0.15) is 11.4 Å². The standard InChI is InChI=1S/C13H18N6O/c1-9-12(18-7-16-9)5-14-3-11(20)4-15-6-13-10(2)17-8-19-13/h5-8,11,20H,3-4H2,1-2H3,(H,16,18)(H,17,19). The van der Waals surface area contributed by atoms with Crippen LogP contribution in [0.3, 0.4) is 0 Å². The van der Waals surface area contributed by atoms with E-state index in [1.165, 1.54) is 0 Å². The molecule has 0 atom stereocenters. The Morgan fingerprint density at radius 3 is 1.85 bits per heavy atom.